The molecule has 8 aliphatic rings. The first-order valence-corrected chi connectivity index (χ1v) is 29.7. The Labute approximate surface area is 520 Å². The van der Waals surface area contributed by atoms with Crippen LogP contribution >= 0.6 is 15.9 Å². The Morgan fingerprint density at radius 1 is 0.517 bits per heavy atom. The number of halogens is 1. The predicted molar refractivity (Wildman–Crippen MR) is 319 cm³/mol. The van der Waals surface area contributed by atoms with Crippen LogP contribution in [-0.2, 0) is 82.2 Å². The summed E-state index contributed by atoms with van der Waals surface area (Å²) in [6.07, 6.45) is 10.3. The third kappa shape index (κ3) is 15.0. The number of fused-ring (bicyclic) bond motifs is 4. The molecule has 3 saturated heterocycles. The molecule has 7 heterocycles. The number of aliphatic hydroxyl groups excluding tert-OH is 3. The Morgan fingerprint density at radius 3 is 1.35 bits per heavy atom. The number of carbonyl (C=O) groups is 13. The first-order chi connectivity index (χ1) is 42.8. The third-order valence-corrected chi connectivity index (χ3v) is 17.0. The number of Topliss-reactive ketones (excluding diaryl/α,β-unsaturated/α-hetero) is 2. The van der Waals surface area contributed by atoms with Crippen molar-refractivity contribution in [2.24, 2.45) is 0 Å². The van der Waals surface area contributed by atoms with Gasteiger partial charge in [-0.25, -0.2) is 0 Å². The van der Waals surface area contributed by atoms with E-state index in [0.29, 0.717) is 105 Å². The molecule has 24 heteroatoms. The Kier molecular flexibility index (Phi) is 22.2. The van der Waals surface area contributed by atoms with E-state index in [1.165, 1.54) is 9.80 Å². The van der Waals surface area contributed by atoms with Crippen molar-refractivity contribution in [3.05, 3.63) is 138 Å². The summed E-state index contributed by atoms with van der Waals surface area (Å²) in [7, 11) is 0. The number of imide groups is 3. The first kappa shape index (κ1) is 65.6. The van der Waals surface area contributed by atoms with Gasteiger partial charge in [0.15, 0.2) is 5.78 Å². The molecule has 12 rings (SSSR count). The second kappa shape index (κ2) is 30.1. The molecule has 4 aromatic carbocycles. The van der Waals surface area contributed by atoms with Gasteiger partial charge in [0.2, 0.25) is 35.4 Å². The molecule has 1 saturated carbocycles. The van der Waals surface area contributed by atoms with Crippen LogP contribution in [0.25, 0.3) is 0 Å². The van der Waals surface area contributed by atoms with Gasteiger partial charge in [-0.05, 0) is 115 Å². The van der Waals surface area contributed by atoms with Gasteiger partial charge in [-0.1, -0.05) is 70.1 Å². The molecular weight excluding hydrogens is 1210 g/mol. The van der Waals surface area contributed by atoms with E-state index in [9.17, 15) is 62.3 Å². The van der Waals surface area contributed by atoms with Crippen LogP contribution in [0.15, 0.2) is 77.3 Å². The van der Waals surface area contributed by atoms with Crippen molar-refractivity contribution in [3.63, 3.8) is 0 Å². The molecule has 7 aliphatic heterocycles. The molecule has 4 unspecified atom stereocenters. The van der Waals surface area contributed by atoms with Crippen LogP contribution in [0.4, 0.5) is 0 Å². The summed E-state index contributed by atoms with van der Waals surface area (Å²) in [5, 5.41) is 32.3. The van der Waals surface area contributed by atoms with Crippen molar-refractivity contribution in [2.75, 3.05) is 19.8 Å². The number of aldehydes is 1. The Bertz CT molecular complexity index is 3680. The number of hydrogen-bond donors (Lipinski definition) is 6. The fourth-order valence-electron chi connectivity index (χ4n) is 11.8. The number of nitrogens with one attached hydrogen (secondary N) is 3. The smallest absolute Gasteiger partial charge is 0.255 e. The maximum atomic E-state index is 12.6. The van der Waals surface area contributed by atoms with Gasteiger partial charge in [-0.3, -0.25) is 73.5 Å². The standard InChI is InChI=1S/C16H18N2O4.C16H16N2O4.C16H14N2O4.C14H12BrNO3.C3H4O/c3*19-8-2-4-10-3-1-5-11-12(10)9-18(16(11)22)13-6-7-14(20)17-15(13)21;15-11-3-1-2-9-10(11)7-16(14(9)19)12-5-4-8(17)6-13(12)18;1-2-3-4/h1,3,5,13,19H,2,4,6-9H2,(H,17,20,21);1,3,5,8,13H,2,4,6-7,9H2,(H,17,20,21);1,3,5,13,19H,6-9H2,(H,17,20,21);1-3,12H,4-7H2;1,4H,3H2. The number of aryl methyl sites for hydroxylation is 2. The molecule has 0 aromatic heterocycles. The van der Waals surface area contributed by atoms with Gasteiger partial charge in [0.05, 0.1) is 12.5 Å². The molecule has 0 bridgehead atoms. The van der Waals surface area contributed by atoms with E-state index in [0.717, 1.165) is 44.1 Å². The average molecular weight is 1280 g/mol. The maximum absolute atomic E-state index is 12.6. The second-order valence-electron chi connectivity index (χ2n) is 21.7. The number of piperidine rings is 3. The molecule has 462 valence electrons. The number of ketones is 2. The normalized spacial score (nSPS) is 20.5. The maximum Gasteiger partial charge on any atom is 0.255 e. The van der Waals surface area contributed by atoms with Crippen molar-refractivity contribution in [3.8, 4) is 24.2 Å². The summed E-state index contributed by atoms with van der Waals surface area (Å²) in [5.41, 5.74) is 8.58. The minimum Gasteiger partial charge on any atom is -0.396 e. The molecule has 6 N–H and O–H groups in total. The zero-order chi connectivity index (χ0) is 64.1. The highest BCUT2D eigenvalue weighted by molar-refractivity contribution is 9.10. The number of rotatable bonds is 10. The van der Waals surface area contributed by atoms with Gasteiger partial charge >= 0.3 is 0 Å². The van der Waals surface area contributed by atoms with Crippen LogP contribution in [0.5, 0.6) is 0 Å². The molecular formula is C65H64BrN7O16. The monoisotopic (exact) mass is 1280 g/mol. The highest BCUT2D eigenvalue weighted by atomic mass is 79.9. The van der Waals surface area contributed by atoms with E-state index < -0.39 is 41.9 Å². The Balaban J connectivity index is 0.000000150. The molecule has 4 atom stereocenters. The summed E-state index contributed by atoms with van der Waals surface area (Å²) < 4.78 is 0.889. The predicted octanol–water partition coefficient (Wildman–Crippen LogP) is 2.45. The lowest BCUT2D eigenvalue weighted by atomic mass is 9.92. The number of terminal acetylenes is 1. The van der Waals surface area contributed by atoms with Crippen LogP contribution in [0.1, 0.15) is 151 Å². The fourth-order valence-corrected chi connectivity index (χ4v) is 12.3. The number of carbonyl (C=O) groups excluding carboxylic acids is 13. The molecule has 1 aliphatic carbocycles. The lowest BCUT2D eigenvalue weighted by Crippen LogP contribution is -2.52. The van der Waals surface area contributed by atoms with Crippen LogP contribution in [0.3, 0.4) is 0 Å². The third-order valence-electron chi connectivity index (χ3n) is 16.2. The second-order valence-corrected chi connectivity index (χ2v) is 22.6. The molecule has 10 amide bonds. The number of aliphatic hydroxyl groups is 3. The van der Waals surface area contributed by atoms with Crippen molar-refractivity contribution in [1.82, 2.24) is 35.6 Å². The van der Waals surface area contributed by atoms with Gasteiger partial charge < -0.3 is 39.7 Å². The summed E-state index contributed by atoms with van der Waals surface area (Å²) in [4.78, 5) is 160. The molecule has 0 spiro atoms. The zero-order valence-electron chi connectivity index (χ0n) is 48.4. The topological polar surface area (TPSA) is 332 Å². The zero-order valence-corrected chi connectivity index (χ0v) is 49.9. The van der Waals surface area contributed by atoms with E-state index in [1.54, 1.807) is 52.3 Å². The van der Waals surface area contributed by atoms with Gasteiger partial charge in [-0.15, -0.1) is 6.42 Å². The number of hydrogen-bond acceptors (Lipinski definition) is 16. The van der Waals surface area contributed by atoms with Crippen molar-refractivity contribution >= 4 is 92.9 Å². The summed E-state index contributed by atoms with van der Waals surface area (Å²) >= 11 is 3.43. The molecule has 0 radical (unpaired) electrons. The summed E-state index contributed by atoms with van der Waals surface area (Å²) in [5.74, 6) is 4.44. The lowest BCUT2D eigenvalue weighted by molar-refractivity contribution is -0.138. The van der Waals surface area contributed by atoms with Gasteiger partial charge in [0.1, 0.15) is 43.4 Å². The van der Waals surface area contributed by atoms with Crippen molar-refractivity contribution in [1.29, 1.82) is 0 Å². The molecule has 23 nitrogen and oxygen atoms in total. The van der Waals surface area contributed by atoms with Crippen LogP contribution in [0, 0.1) is 24.2 Å². The van der Waals surface area contributed by atoms with E-state index in [4.69, 9.17) is 15.3 Å². The fraction of sp³-hybridized carbons (Fsp3) is 0.369. The van der Waals surface area contributed by atoms with Gasteiger partial charge in [0, 0.05) is 97.2 Å². The molecule has 4 aromatic rings. The first-order valence-electron chi connectivity index (χ1n) is 28.9. The molecule has 4 fully saturated rings. The minimum atomic E-state index is -0.628. The van der Waals surface area contributed by atoms with Gasteiger partial charge in [-0.2, -0.15) is 0 Å². The van der Waals surface area contributed by atoms with Crippen LogP contribution in [-0.4, -0.2) is 156 Å². The van der Waals surface area contributed by atoms with Crippen molar-refractivity contribution in [2.45, 2.75) is 134 Å². The number of benzene rings is 4. The Hall–Kier alpha value is -9.33. The van der Waals surface area contributed by atoms with E-state index >= 15 is 0 Å². The van der Waals surface area contributed by atoms with Gasteiger partial charge in [0.25, 0.3) is 23.6 Å². The molecule has 89 heavy (non-hydrogen) atoms. The summed E-state index contributed by atoms with van der Waals surface area (Å²) in [6, 6.07) is 19.4. The number of nitrogens with zero attached hydrogens (tertiary/aromatic N) is 4. The number of amides is 10. The van der Waals surface area contributed by atoms with E-state index in [1.807, 2.05) is 36.3 Å². The van der Waals surface area contributed by atoms with Crippen molar-refractivity contribution < 1.29 is 77.6 Å². The average Bonchev–Trinajstić information content (AvgIpc) is 2.08. The quantitative estimate of drug-likeness (QED) is 0.0575. The Morgan fingerprint density at radius 2 is 0.921 bits per heavy atom. The van der Waals surface area contributed by atoms with E-state index in [-0.39, 0.29) is 105 Å². The van der Waals surface area contributed by atoms with Crippen LogP contribution in [0.2, 0.25) is 0 Å². The van der Waals surface area contributed by atoms with Crippen LogP contribution < -0.4 is 16.0 Å². The highest BCUT2D eigenvalue weighted by Gasteiger charge is 2.44. The lowest BCUT2D eigenvalue weighted by Gasteiger charge is -2.29. The minimum absolute atomic E-state index is 0.0217. The van der Waals surface area contributed by atoms with E-state index in [2.05, 4.69) is 50.1 Å². The SMILES string of the molecule is C#CCO.O=C1CCC(N2Cc3c(Br)cccc3C2=O)C(=O)C1.O=C1CCC(N2Cc3c(C#CCO)cccc3C2=O)C(=O)N1.O=C1CCC(N2Cc3c(CCCO)cccc3C2=O)C(=O)N1.O=CCCc1cccc2c1CN(C1CCC(=O)NC1=O)C2=O. The largest absolute Gasteiger partial charge is 0.396 e. The highest BCUT2D eigenvalue weighted by Crippen LogP contribution is 2.35. The summed E-state index contributed by atoms with van der Waals surface area (Å²) in [6.45, 7) is 1.18.